The van der Waals surface area contributed by atoms with Crippen LogP contribution >= 0.6 is 0 Å². The fourth-order valence-electron chi connectivity index (χ4n) is 11.0. The molecule has 0 saturated carbocycles. The summed E-state index contributed by atoms with van der Waals surface area (Å²) in [5.74, 6) is 2.68. The maximum absolute atomic E-state index is 12.9. The molecule has 93 heavy (non-hydrogen) atoms. The van der Waals surface area contributed by atoms with E-state index in [1.54, 1.807) is 64.9 Å². The number of aryl methyl sites for hydroxylation is 12. The van der Waals surface area contributed by atoms with E-state index in [2.05, 4.69) is 64.5 Å². The van der Waals surface area contributed by atoms with Gasteiger partial charge >= 0.3 is 0 Å². The molecule has 12 aromatic heterocycles. The van der Waals surface area contributed by atoms with Crippen LogP contribution in [0.5, 0.6) is 0 Å². The summed E-state index contributed by atoms with van der Waals surface area (Å²) in [6, 6.07) is 10.9. The van der Waals surface area contributed by atoms with Gasteiger partial charge in [0.05, 0.1) is 75.9 Å². The Bertz CT molecular complexity index is 4780. The number of pyridine rings is 3. The summed E-state index contributed by atoms with van der Waals surface area (Å²) in [6.45, 7) is 11.8. The number of alkyl halides is 1. The van der Waals surface area contributed by atoms with Crippen LogP contribution in [0.2, 0.25) is 0 Å². The lowest BCUT2D eigenvalue weighted by Crippen LogP contribution is -2.14. The Balaban J connectivity index is 0.000000153. The largest absolute Gasteiger partial charge is 0.364 e. The number of fused-ring (bicyclic) bond motifs is 3. The number of ether oxygens (including phenoxy) is 1. The van der Waals surface area contributed by atoms with Gasteiger partial charge in [-0.3, -0.25) is 42.5 Å². The van der Waals surface area contributed by atoms with Gasteiger partial charge in [-0.2, -0.15) is 30.6 Å². The van der Waals surface area contributed by atoms with Gasteiger partial charge < -0.3 is 35.6 Å². The Morgan fingerprint density at radius 2 is 0.860 bits per heavy atom. The summed E-state index contributed by atoms with van der Waals surface area (Å²) >= 11 is 0. The molecule has 0 aliphatic carbocycles. The van der Waals surface area contributed by atoms with Crippen molar-refractivity contribution in [1.82, 2.24) is 102 Å². The number of amides is 3. The second kappa shape index (κ2) is 27.6. The van der Waals surface area contributed by atoms with Crippen LogP contribution in [-0.4, -0.2) is 133 Å². The van der Waals surface area contributed by atoms with Gasteiger partial charge in [0.1, 0.15) is 51.2 Å². The summed E-state index contributed by atoms with van der Waals surface area (Å²) in [4.78, 5) is 63.5. The Morgan fingerprint density at radius 3 is 1.18 bits per heavy atom. The van der Waals surface area contributed by atoms with E-state index in [0.29, 0.717) is 72.8 Å². The highest BCUT2D eigenvalue weighted by molar-refractivity contribution is 6.01. The Kier molecular flexibility index (Phi) is 19.3. The minimum absolute atomic E-state index is 0.142. The van der Waals surface area contributed by atoms with E-state index in [4.69, 9.17) is 43.3 Å². The van der Waals surface area contributed by atoms with Crippen molar-refractivity contribution in [3.05, 3.63) is 108 Å². The molecule has 1 unspecified atom stereocenters. The average molecular weight is 1260 g/mol. The Morgan fingerprint density at radius 1 is 0.516 bits per heavy atom. The summed E-state index contributed by atoms with van der Waals surface area (Å²) in [5, 5.41) is 29.0. The SMILES string of the molecule is C#CCCCn1nc(C)cc1-c1cn(C)c(-c2nc(C(N)=O)cc3c2cnn3C)n1.CCCCCCn1nc(C)cc1-c1cn(C)c(-c2nc(C(N)=O)cc3c2cnn3C)n1.Cc1cc(-c2cn(C)c(-c3nc(C(N)=O)cc4c3cnn4C)n2)n(CCCOC(C)F)n1. The zero-order chi connectivity index (χ0) is 66.5. The fourth-order valence-corrected chi connectivity index (χ4v) is 11.0. The van der Waals surface area contributed by atoms with Crippen LogP contribution in [0.4, 0.5) is 4.39 Å². The van der Waals surface area contributed by atoms with Gasteiger partial charge in [-0.1, -0.05) is 26.2 Å². The van der Waals surface area contributed by atoms with Crippen LogP contribution < -0.4 is 17.2 Å². The number of nitrogens with two attached hydrogens (primary N) is 3. The average Bonchev–Trinajstić information content (AvgIpc) is 1.68. The van der Waals surface area contributed by atoms with Crippen molar-refractivity contribution in [2.75, 3.05) is 6.61 Å². The van der Waals surface area contributed by atoms with E-state index >= 15 is 0 Å². The van der Waals surface area contributed by atoms with Crippen molar-refractivity contribution in [3.63, 3.8) is 0 Å². The molecule has 1 atom stereocenters. The van der Waals surface area contributed by atoms with E-state index in [9.17, 15) is 18.8 Å². The zero-order valence-electron chi connectivity index (χ0n) is 54.0. The van der Waals surface area contributed by atoms with Crippen molar-refractivity contribution in [1.29, 1.82) is 0 Å². The number of hydrogen-bond acceptors (Lipinski definition) is 16. The first-order chi connectivity index (χ1) is 44.5. The minimum Gasteiger partial charge on any atom is -0.364 e. The molecular formula is C64H75FN24O4. The molecule has 0 bridgehead atoms. The summed E-state index contributed by atoms with van der Waals surface area (Å²) in [7, 11) is 11.1. The quantitative estimate of drug-likeness (QED) is 0.0433. The molecule has 0 fully saturated rings. The summed E-state index contributed by atoms with van der Waals surface area (Å²) < 4.78 is 34.3. The zero-order valence-corrected chi connectivity index (χ0v) is 54.0. The van der Waals surface area contributed by atoms with Crippen LogP contribution in [0.1, 0.15) is 107 Å². The topological polar surface area (TPSA) is 338 Å². The van der Waals surface area contributed by atoms with Crippen molar-refractivity contribution in [2.24, 2.45) is 59.5 Å². The molecule has 29 heteroatoms. The predicted octanol–water partition coefficient (Wildman–Crippen LogP) is 7.63. The number of halogens is 1. The van der Waals surface area contributed by atoms with Gasteiger partial charge in [0.25, 0.3) is 17.7 Å². The number of carbonyl (C=O) groups is 3. The lowest BCUT2D eigenvalue weighted by Gasteiger charge is -2.07. The third kappa shape index (κ3) is 14.0. The van der Waals surface area contributed by atoms with Crippen molar-refractivity contribution in [3.8, 4) is 81.1 Å². The standard InChI is InChI=1S/C22H28N8O.C21H25FN8O2.C21H22N8O/c1-5-6-7-8-9-30-19(10-14(2)27-30)17-13-28(3)22(26-17)20-15-12-24-29(4)18(15)11-16(25-20)21(23)31;1-12-8-18(30(27-12)6-5-7-32-13(2)22)16-11-28(3)21(26-16)19-14-10-24-29(4)17(14)9-15(25-19)20(23)31;1-5-6-7-8-29-18(9-13(2)26-29)16-12-27(3)21(25-16)19-14-11-23-28(4)17(14)10-15(24-19)20(22)30/h10-13H,5-9H2,1-4H3,(H2,23,31);8-11,13H,5-7H2,1-4H3,(H2,23,31);1,9-12H,6-8H2,2-4H3,(H2,22,30). The molecule has 12 aromatic rings. The van der Waals surface area contributed by atoms with Crippen LogP contribution in [0.25, 0.3) is 101 Å². The summed E-state index contributed by atoms with van der Waals surface area (Å²) in [6.07, 6.45) is 21.8. The van der Waals surface area contributed by atoms with Gasteiger partial charge in [-0.15, -0.1) is 12.3 Å². The lowest BCUT2D eigenvalue weighted by atomic mass is 10.2. The molecule has 0 aliphatic heterocycles. The highest BCUT2D eigenvalue weighted by atomic mass is 19.1. The highest BCUT2D eigenvalue weighted by Gasteiger charge is 2.25. The second-order valence-electron chi connectivity index (χ2n) is 22.8. The van der Waals surface area contributed by atoms with E-state index < -0.39 is 24.1 Å². The lowest BCUT2D eigenvalue weighted by molar-refractivity contribution is -0.0264. The van der Waals surface area contributed by atoms with Gasteiger partial charge in [-0.25, -0.2) is 34.3 Å². The number of imidazole rings is 3. The number of primary amides is 3. The minimum atomic E-state index is -1.29. The number of nitrogens with zero attached hydrogens (tertiary/aromatic N) is 21. The van der Waals surface area contributed by atoms with Crippen LogP contribution in [0.15, 0.2) is 73.6 Å². The van der Waals surface area contributed by atoms with Crippen molar-refractivity contribution >= 4 is 50.4 Å². The maximum atomic E-state index is 12.9. The molecule has 3 amide bonds. The number of terminal acetylenes is 1. The molecule has 0 aromatic carbocycles. The summed E-state index contributed by atoms with van der Waals surface area (Å²) in [5.41, 5.74) is 28.6. The van der Waals surface area contributed by atoms with Gasteiger partial charge in [0, 0.05) is 103 Å². The number of hydrogen-bond donors (Lipinski definition) is 3. The van der Waals surface area contributed by atoms with Crippen molar-refractivity contribution in [2.45, 2.75) is 106 Å². The molecule has 12 rings (SSSR count). The first kappa shape index (κ1) is 64.9. The van der Waals surface area contributed by atoms with Crippen LogP contribution in [0.3, 0.4) is 0 Å². The van der Waals surface area contributed by atoms with Crippen molar-refractivity contribution < 1.29 is 23.5 Å². The van der Waals surface area contributed by atoms with Crippen LogP contribution in [-0.2, 0) is 66.7 Å². The van der Waals surface area contributed by atoms with Crippen LogP contribution in [0, 0.1) is 33.1 Å². The monoisotopic (exact) mass is 1260 g/mol. The molecule has 0 spiro atoms. The molecule has 6 N–H and O–H groups in total. The Hall–Kier alpha value is -11.0. The number of aromatic nitrogens is 21. The first-order valence-electron chi connectivity index (χ1n) is 30.3. The van der Waals surface area contributed by atoms with E-state index in [0.717, 1.165) is 97.6 Å². The van der Waals surface area contributed by atoms with E-state index in [-0.39, 0.29) is 17.1 Å². The normalized spacial score (nSPS) is 11.7. The molecule has 0 saturated heterocycles. The second-order valence-corrected chi connectivity index (χ2v) is 22.8. The maximum Gasteiger partial charge on any atom is 0.267 e. The molecule has 0 aliphatic rings. The fraction of sp³-hybridized carbons (Fsp3) is 0.359. The van der Waals surface area contributed by atoms with Gasteiger partial charge in [0.2, 0.25) is 0 Å². The van der Waals surface area contributed by atoms with Gasteiger partial charge in [0.15, 0.2) is 23.8 Å². The molecular weight excluding hydrogens is 1190 g/mol. The molecule has 28 nitrogen and oxygen atoms in total. The Labute approximate surface area is 534 Å². The van der Waals surface area contributed by atoms with Gasteiger partial charge in [-0.05, 0) is 83.4 Å². The molecule has 482 valence electrons. The first-order valence-corrected chi connectivity index (χ1v) is 30.3. The predicted molar refractivity (Wildman–Crippen MR) is 349 cm³/mol. The third-order valence-electron chi connectivity index (χ3n) is 15.5. The smallest absolute Gasteiger partial charge is 0.267 e. The third-order valence-corrected chi connectivity index (χ3v) is 15.5. The molecule has 12 heterocycles. The number of rotatable bonds is 22. The number of carbonyl (C=O) groups excluding carboxylic acids is 3. The number of unbranched alkanes of at least 4 members (excludes halogenated alkanes) is 4. The van der Waals surface area contributed by atoms with E-state index in [1.807, 2.05) is 107 Å². The highest BCUT2D eigenvalue weighted by Crippen LogP contribution is 2.34. The molecule has 0 radical (unpaired) electrons. The van der Waals surface area contributed by atoms with E-state index in [1.165, 1.54) is 26.2 Å².